The predicted molar refractivity (Wildman–Crippen MR) is 126 cm³/mol. The highest BCUT2D eigenvalue weighted by Gasteiger charge is 2.19. The van der Waals surface area contributed by atoms with Crippen LogP contribution >= 0.6 is 0 Å². The average molecular weight is 395 g/mol. The van der Waals surface area contributed by atoms with Crippen LogP contribution in [-0.4, -0.2) is 24.1 Å². The van der Waals surface area contributed by atoms with Crippen molar-refractivity contribution in [3.8, 4) is 0 Å². The number of aryl methyl sites for hydroxylation is 1. The summed E-state index contributed by atoms with van der Waals surface area (Å²) < 4.78 is 0. The normalized spacial score (nSPS) is 18.7. The molecule has 2 aliphatic rings. The van der Waals surface area contributed by atoms with E-state index in [4.69, 9.17) is 10.7 Å². The molecule has 4 heteroatoms. The van der Waals surface area contributed by atoms with Crippen molar-refractivity contribution in [1.82, 2.24) is 10.3 Å². The fourth-order valence-electron chi connectivity index (χ4n) is 4.25. The second kappa shape index (κ2) is 7.81. The van der Waals surface area contributed by atoms with Gasteiger partial charge in [-0.3, -0.25) is 4.98 Å². The van der Waals surface area contributed by atoms with Crippen LogP contribution in [0.5, 0.6) is 0 Å². The first-order valence-corrected chi connectivity index (χ1v) is 10.5. The molecule has 0 bridgehead atoms. The second-order valence-electron chi connectivity index (χ2n) is 8.06. The van der Waals surface area contributed by atoms with Crippen LogP contribution in [0.1, 0.15) is 23.4 Å². The van der Waals surface area contributed by atoms with E-state index in [-0.39, 0.29) is 6.04 Å². The Hall–Kier alpha value is -3.37. The van der Waals surface area contributed by atoms with Crippen LogP contribution in [0.15, 0.2) is 79.0 Å². The third-order valence-electron chi connectivity index (χ3n) is 5.84. The van der Waals surface area contributed by atoms with E-state index in [1.807, 2.05) is 25.3 Å². The summed E-state index contributed by atoms with van der Waals surface area (Å²) >= 11 is 0. The number of anilines is 1. The number of benzene rings is 2. The zero-order chi connectivity index (χ0) is 20.5. The molecule has 3 N–H and O–H groups in total. The Kier molecular flexibility index (Phi) is 4.85. The SMILES string of the molecule is Cc1cccc(C2=C(c3ccc4ccc(N5CC[C@H](N)C5)cc4c3)C=CC=CN2)n1. The van der Waals surface area contributed by atoms with Gasteiger partial charge in [0.25, 0.3) is 0 Å². The largest absolute Gasteiger partial charge is 0.370 e. The first-order valence-electron chi connectivity index (χ1n) is 10.5. The average Bonchev–Trinajstić information content (AvgIpc) is 3.05. The highest BCUT2D eigenvalue weighted by Crippen LogP contribution is 2.31. The lowest BCUT2D eigenvalue weighted by Crippen LogP contribution is -2.26. The molecule has 5 rings (SSSR count). The molecule has 2 aromatic carbocycles. The monoisotopic (exact) mass is 394 g/mol. The Morgan fingerprint density at radius 1 is 1.03 bits per heavy atom. The van der Waals surface area contributed by atoms with Gasteiger partial charge in [0, 0.05) is 42.3 Å². The molecule has 2 aliphatic heterocycles. The Labute approximate surface area is 177 Å². The van der Waals surface area contributed by atoms with Crippen LogP contribution in [0, 0.1) is 6.92 Å². The number of hydrogen-bond acceptors (Lipinski definition) is 4. The number of nitrogens with one attached hydrogen (secondary N) is 1. The smallest absolute Gasteiger partial charge is 0.0873 e. The van der Waals surface area contributed by atoms with Crippen LogP contribution in [0.2, 0.25) is 0 Å². The maximum atomic E-state index is 6.12. The number of aromatic nitrogens is 1. The van der Waals surface area contributed by atoms with Gasteiger partial charge in [-0.15, -0.1) is 0 Å². The first kappa shape index (κ1) is 18.6. The molecule has 0 unspecified atom stereocenters. The van der Waals surface area contributed by atoms with E-state index in [0.29, 0.717) is 0 Å². The summed E-state index contributed by atoms with van der Waals surface area (Å²) in [5, 5.41) is 5.91. The van der Waals surface area contributed by atoms with Crippen molar-refractivity contribution in [2.24, 2.45) is 5.73 Å². The van der Waals surface area contributed by atoms with Gasteiger partial charge in [0.05, 0.1) is 11.4 Å². The summed E-state index contributed by atoms with van der Waals surface area (Å²) in [4.78, 5) is 7.13. The first-order chi connectivity index (χ1) is 14.7. The van der Waals surface area contributed by atoms with E-state index < -0.39 is 0 Å². The second-order valence-corrected chi connectivity index (χ2v) is 8.06. The van der Waals surface area contributed by atoms with Crippen molar-refractivity contribution in [3.63, 3.8) is 0 Å². The zero-order valence-corrected chi connectivity index (χ0v) is 17.2. The molecule has 4 nitrogen and oxygen atoms in total. The number of pyridine rings is 1. The Balaban J connectivity index is 1.61. The van der Waals surface area contributed by atoms with Crippen LogP contribution in [0.4, 0.5) is 5.69 Å². The molecule has 0 saturated carbocycles. The van der Waals surface area contributed by atoms with Gasteiger partial charge in [0.15, 0.2) is 0 Å². The number of nitrogens with zero attached hydrogens (tertiary/aromatic N) is 2. The number of fused-ring (bicyclic) bond motifs is 1. The van der Waals surface area contributed by atoms with Crippen LogP contribution in [-0.2, 0) is 0 Å². The van der Waals surface area contributed by atoms with Gasteiger partial charge in [-0.05, 0) is 66.1 Å². The lowest BCUT2D eigenvalue weighted by Gasteiger charge is -2.19. The van der Waals surface area contributed by atoms with Crippen molar-refractivity contribution in [3.05, 3.63) is 96.0 Å². The Morgan fingerprint density at radius 3 is 2.77 bits per heavy atom. The van der Waals surface area contributed by atoms with Gasteiger partial charge in [0.2, 0.25) is 0 Å². The van der Waals surface area contributed by atoms with Gasteiger partial charge in [-0.25, -0.2) is 0 Å². The molecule has 0 spiro atoms. The molecule has 1 aromatic heterocycles. The molecule has 1 fully saturated rings. The summed E-state index contributed by atoms with van der Waals surface area (Å²) in [6.45, 7) is 3.98. The molecule has 3 aromatic rings. The van der Waals surface area contributed by atoms with E-state index in [2.05, 4.69) is 70.9 Å². The lowest BCUT2D eigenvalue weighted by atomic mass is 9.97. The lowest BCUT2D eigenvalue weighted by molar-refractivity contribution is 0.752. The van der Waals surface area contributed by atoms with E-state index in [0.717, 1.165) is 42.2 Å². The van der Waals surface area contributed by atoms with Crippen molar-refractivity contribution < 1.29 is 0 Å². The minimum atomic E-state index is 0.274. The number of nitrogens with two attached hydrogens (primary N) is 1. The van der Waals surface area contributed by atoms with Crippen LogP contribution in [0.25, 0.3) is 22.0 Å². The highest BCUT2D eigenvalue weighted by molar-refractivity contribution is 5.98. The number of allylic oxidation sites excluding steroid dienone is 4. The van der Waals surface area contributed by atoms with Gasteiger partial charge in [0.1, 0.15) is 0 Å². The Morgan fingerprint density at radius 2 is 1.93 bits per heavy atom. The summed E-state index contributed by atoms with van der Waals surface area (Å²) in [5.74, 6) is 0. The molecule has 0 aliphatic carbocycles. The number of rotatable bonds is 3. The topological polar surface area (TPSA) is 54.2 Å². The molecule has 3 heterocycles. The van der Waals surface area contributed by atoms with Crippen molar-refractivity contribution >= 4 is 27.7 Å². The van der Waals surface area contributed by atoms with Crippen molar-refractivity contribution in [2.45, 2.75) is 19.4 Å². The molecular weight excluding hydrogens is 368 g/mol. The van der Waals surface area contributed by atoms with Crippen molar-refractivity contribution in [2.75, 3.05) is 18.0 Å². The fraction of sp³-hybridized carbons (Fsp3) is 0.192. The molecule has 0 radical (unpaired) electrons. The van der Waals surface area contributed by atoms with E-state index in [1.54, 1.807) is 0 Å². The molecule has 30 heavy (non-hydrogen) atoms. The predicted octanol–water partition coefficient (Wildman–Crippen LogP) is 4.62. The standard InChI is InChI=1S/C26H26N4/c1-18-5-4-7-25(29-18)26-24(6-2-3-13-28-26)20-9-8-19-10-11-23(16-21(19)15-20)30-14-12-22(27)17-30/h2-11,13,15-16,22,28H,12,14,17,27H2,1H3/t22-/m0/s1. The molecule has 150 valence electrons. The van der Waals surface area contributed by atoms with Gasteiger partial charge >= 0.3 is 0 Å². The fourth-order valence-corrected chi connectivity index (χ4v) is 4.25. The van der Waals surface area contributed by atoms with Crippen LogP contribution < -0.4 is 16.0 Å². The van der Waals surface area contributed by atoms with E-state index >= 15 is 0 Å². The minimum Gasteiger partial charge on any atom is -0.370 e. The summed E-state index contributed by atoms with van der Waals surface area (Å²) in [6.07, 6.45) is 9.25. The van der Waals surface area contributed by atoms with Gasteiger partial charge in [-0.2, -0.15) is 0 Å². The zero-order valence-electron chi connectivity index (χ0n) is 17.2. The van der Waals surface area contributed by atoms with E-state index in [9.17, 15) is 0 Å². The van der Waals surface area contributed by atoms with Crippen molar-refractivity contribution in [1.29, 1.82) is 0 Å². The molecular formula is C26H26N4. The minimum absolute atomic E-state index is 0.274. The summed E-state index contributed by atoms with van der Waals surface area (Å²) in [5.41, 5.74) is 12.6. The third kappa shape index (κ3) is 3.62. The third-order valence-corrected chi connectivity index (χ3v) is 5.84. The molecule has 0 amide bonds. The van der Waals surface area contributed by atoms with Gasteiger partial charge in [-0.1, -0.05) is 36.4 Å². The van der Waals surface area contributed by atoms with E-state index in [1.165, 1.54) is 22.0 Å². The Bertz CT molecular complexity index is 1190. The van der Waals surface area contributed by atoms with Gasteiger partial charge < -0.3 is 16.0 Å². The number of hydrogen-bond donors (Lipinski definition) is 2. The van der Waals surface area contributed by atoms with Crippen LogP contribution in [0.3, 0.4) is 0 Å². The summed E-state index contributed by atoms with van der Waals surface area (Å²) in [6, 6.07) is 19.8. The quantitative estimate of drug-likeness (QED) is 0.680. The molecule has 1 atom stereocenters. The maximum Gasteiger partial charge on any atom is 0.0873 e. The highest BCUT2D eigenvalue weighted by atomic mass is 15.2. The summed E-state index contributed by atoms with van der Waals surface area (Å²) in [7, 11) is 0. The maximum absolute atomic E-state index is 6.12. The molecule has 1 saturated heterocycles.